The van der Waals surface area contributed by atoms with Crippen molar-refractivity contribution >= 4 is 17.3 Å². The van der Waals surface area contributed by atoms with Gasteiger partial charge in [-0.05, 0) is 6.42 Å². The Labute approximate surface area is 75.9 Å². The van der Waals surface area contributed by atoms with Crippen molar-refractivity contribution in [3.05, 3.63) is 0 Å². The molecule has 1 aliphatic rings. The van der Waals surface area contributed by atoms with Crippen LogP contribution in [-0.2, 0) is 14.4 Å². The maximum atomic E-state index is 11.1. The van der Waals surface area contributed by atoms with Crippen molar-refractivity contribution < 1.29 is 19.5 Å². The lowest BCUT2D eigenvalue weighted by molar-refractivity contribution is -0.141. The van der Waals surface area contributed by atoms with Crippen LogP contribution in [0, 0.1) is 5.92 Å². The van der Waals surface area contributed by atoms with E-state index in [1.54, 1.807) is 0 Å². The zero-order chi connectivity index (χ0) is 10.0. The molecule has 0 spiro atoms. The SMILES string of the molecule is CCCCC1C(=O)C(=O)C(=O)C1O. The molecule has 0 aromatic rings. The average molecular weight is 184 g/mol. The van der Waals surface area contributed by atoms with E-state index in [1.807, 2.05) is 6.92 Å². The first-order valence-electron chi connectivity index (χ1n) is 4.40. The van der Waals surface area contributed by atoms with E-state index in [1.165, 1.54) is 0 Å². The summed E-state index contributed by atoms with van der Waals surface area (Å²) in [6.07, 6.45) is 0.660. The van der Waals surface area contributed by atoms with Crippen molar-refractivity contribution in [1.29, 1.82) is 0 Å². The first kappa shape index (κ1) is 10.1. The van der Waals surface area contributed by atoms with Gasteiger partial charge < -0.3 is 5.11 Å². The van der Waals surface area contributed by atoms with Gasteiger partial charge in [0, 0.05) is 0 Å². The summed E-state index contributed by atoms with van der Waals surface area (Å²) in [5.74, 6) is -3.47. The van der Waals surface area contributed by atoms with Gasteiger partial charge in [0.15, 0.2) is 0 Å². The van der Waals surface area contributed by atoms with Crippen LogP contribution in [0.15, 0.2) is 0 Å². The Balaban J connectivity index is 2.70. The molecule has 0 radical (unpaired) electrons. The number of aliphatic hydroxyl groups excluding tert-OH is 1. The summed E-state index contributed by atoms with van der Waals surface area (Å²) in [7, 11) is 0. The molecule has 72 valence electrons. The molecule has 0 amide bonds. The predicted molar refractivity (Wildman–Crippen MR) is 44.0 cm³/mol. The number of rotatable bonds is 3. The Morgan fingerprint density at radius 1 is 1.23 bits per heavy atom. The highest BCUT2D eigenvalue weighted by atomic mass is 16.3. The van der Waals surface area contributed by atoms with Crippen molar-refractivity contribution in [2.24, 2.45) is 5.92 Å². The standard InChI is InChI=1S/C9H12O4/c1-2-3-4-5-6(10)8(12)9(13)7(5)11/h5-6,10H,2-4H2,1H3. The van der Waals surface area contributed by atoms with Crippen LogP contribution < -0.4 is 0 Å². The molecular weight excluding hydrogens is 172 g/mol. The van der Waals surface area contributed by atoms with Crippen LogP contribution in [0.2, 0.25) is 0 Å². The highest BCUT2D eigenvalue weighted by Gasteiger charge is 2.47. The van der Waals surface area contributed by atoms with E-state index >= 15 is 0 Å². The summed E-state index contributed by atoms with van der Waals surface area (Å²) in [6, 6.07) is 0. The molecule has 0 saturated heterocycles. The van der Waals surface area contributed by atoms with Crippen LogP contribution in [0.25, 0.3) is 0 Å². The monoisotopic (exact) mass is 184 g/mol. The molecule has 4 heteroatoms. The zero-order valence-electron chi connectivity index (χ0n) is 7.45. The van der Waals surface area contributed by atoms with Crippen molar-refractivity contribution in [2.45, 2.75) is 32.3 Å². The van der Waals surface area contributed by atoms with E-state index < -0.39 is 29.4 Å². The molecule has 1 aliphatic carbocycles. The van der Waals surface area contributed by atoms with Gasteiger partial charge in [0.25, 0.3) is 5.78 Å². The second kappa shape index (κ2) is 3.79. The maximum absolute atomic E-state index is 11.1. The van der Waals surface area contributed by atoms with Crippen molar-refractivity contribution in [3.63, 3.8) is 0 Å². The van der Waals surface area contributed by atoms with Gasteiger partial charge in [-0.3, -0.25) is 14.4 Å². The third-order valence-corrected chi connectivity index (χ3v) is 2.30. The Morgan fingerprint density at radius 3 is 2.23 bits per heavy atom. The number of aliphatic hydroxyl groups is 1. The first-order valence-corrected chi connectivity index (χ1v) is 4.40. The Kier molecular flexibility index (Phi) is 2.93. The maximum Gasteiger partial charge on any atom is 0.267 e. The van der Waals surface area contributed by atoms with Gasteiger partial charge in [0.2, 0.25) is 11.6 Å². The lowest BCUT2D eigenvalue weighted by Crippen LogP contribution is -2.23. The van der Waals surface area contributed by atoms with Gasteiger partial charge in [0.05, 0.1) is 5.92 Å². The fourth-order valence-corrected chi connectivity index (χ4v) is 1.46. The number of unbranched alkanes of at least 4 members (excludes halogenated alkanes) is 1. The molecule has 2 atom stereocenters. The van der Waals surface area contributed by atoms with Crippen LogP contribution in [0.5, 0.6) is 0 Å². The van der Waals surface area contributed by atoms with E-state index in [4.69, 9.17) is 0 Å². The molecule has 0 aromatic carbocycles. The van der Waals surface area contributed by atoms with E-state index in [-0.39, 0.29) is 0 Å². The summed E-state index contributed by atoms with van der Waals surface area (Å²) in [4.78, 5) is 32.8. The molecule has 0 aromatic heterocycles. The summed E-state index contributed by atoms with van der Waals surface area (Å²) in [6.45, 7) is 1.94. The summed E-state index contributed by atoms with van der Waals surface area (Å²) in [5.41, 5.74) is 0. The number of hydrogen-bond acceptors (Lipinski definition) is 4. The van der Waals surface area contributed by atoms with Gasteiger partial charge in [0.1, 0.15) is 6.10 Å². The number of hydrogen-bond donors (Lipinski definition) is 1. The second-order valence-electron chi connectivity index (χ2n) is 3.25. The molecule has 1 saturated carbocycles. The van der Waals surface area contributed by atoms with E-state index in [2.05, 4.69) is 0 Å². The second-order valence-corrected chi connectivity index (χ2v) is 3.25. The highest BCUT2D eigenvalue weighted by Crippen LogP contribution is 2.22. The molecule has 1 fully saturated rings. The minimum Gasteiger partial charge on any atom is -0.384 e. The largest absolute Gasteiger partial charge is 0.384 e. The quantitative estimate of drug-likeness (QED) is 0.620. The van der Waals surface area contributed by atoms with Crippen molar-refractivity contribution in [1.82, 2.24) is 0 Å². The fourth-order valence-electron chi connectivity index (χ4n) is 1.46. The van der Waals surface area contributed by atoms with Gasteiger partial charge in [-0.25, -0.2) is 0 Å². The molecule has 1 N–H and O–H groups in total. The number of carbonyl (C=O) groups is 3. The van der Waals surface area contributed by atoms with Crippen LogP contribution >= 0.6 is 0 Å². The van der Waals surface area contributed by atoms with Crippen LogP contribution in [0.3, 0.4) is 0 Å². The van der Waals surface area contributed by atoms with E-state index in [0.717, 1.165) is 12.8 Å². The van der Waals surface area contributed by atoms with E-state index in [0.29, 0.717) is 6.42 Å². The molecule has 0 heterocycles. The molecule has 4 nitrogen and oxygen atoms in total. The fraction of sp³-hybridized carbons (Fsp3) is 0.667. The number of Topliss-reactive ketones (excluding diaryl/α,β-unsaturated/α-hetero) is 3. The van der Waals surface area contributed by atoms with E-state index in [9.17, 15) is 19.5 Å². The van der Waals surface area contributed by atoms with Gasteiger partial charge in [-0.15, -0.1) is 0 Å². The lowest BCUT2D eigenvalue weighted by Gasteiger charge is -2.08. The van der Waals surface area contributed by atoms with Gasteiger partial charge >= 0.3 is 0 Å². The Hall–Kier alpha value is -1.03. The number of carbonyl (C=O) groups excluding carboxylic acids is 3. The summed E-state index contributed by atoms with van der Waals surface area (Å²) >= 11 is 0. The predicted octanol–water partition coefficient (Wildman–Crippen LogP) is -0.125. The summed E-state index contributed by atoms with van der Waals surface area (Å²) < 4.78 is 0. The molecule has 13 heavy (non-hydrogen) atoms. The molecule has 1 rings (SSSR count). The van der Waals surface area contributed by atoms with Crippen LogP contribution in [0.4, 0.5) is 0 Å². The lowest BCUT2D eigenvalue weighted by atomic mass is 9.98. The Morgan fingerprint density at radius 2 is 1.85 bits per heavy atom. The zero-order valence-corrected chi connectivity index (χ0v) is 7.45. The van der Waals surface area contributed by atoms with Crippen molar-refractivity contribution in [3.8, 4) is 0 Å². The molecular formula is C9H12O4. The molecule has 0 bridgehead atoms. The molecule has 2 unspecified atom stereocenters. The van der Waals surface area contributed by atoms with Crippen LogP contribution in [0.1, 0.15) is 26.2 Å². The molecule has 0 aliphatic heterocycles. The third kappa shape index (κ3) is 1.67. The average Bonchev–Trinajstić information content (AvgIpc) is 2.30. The van der Waals surface area contributed by atoms with Crippen molar-refractivity contribution in [2.75, 3.05) is 0 Å². The summed E-state index contributed by atoms with van der Waals surface area (Å²) in [5, 5.41) is 9.23. The Bertz CT molecular complexity index is 256. The topological polar surface area (TPSA) is 71.4 Å². The normalized spacial score (nSPS) is 28.6. The highest BCUT2D eigenvalue weighted by molar-refractivity contribution is 6.68. The van der Waals surface area contributed by atoms with Gasteiger partial charge in [-0.2, -0.15) is 0 Å². The smallest absolute Gasteiger partial charge is 0.267 e. The minimum absolute atomic E-state index is 0.425. The van der Waals surface area contributed by atoms with Crippen LogP contribution in [-0.4, -0.2) is 28.6 Å². The first-order chi connectivity index (χ1) is 6.09. The minimum atomic E-state index is -1.38. The third-order valence-electron chi connectivity index (χ3n) is 2.30. The van der Waals surface area contributed by atoms with Gasteiger partial charge in [-0.1, -0.05) is 19.8 Å². The number of ketones is 3.